The summed E-state index contributed by atoms with van der Waals surface area (Å²) in [7, 11) is 0. The number of hydrogen-bond donors (Lipinski definition) is 0. The van der Waals surface area contributed by atoms with Crippen LogP contribution in [0, 0.1) is 29.6 Å². The maximum absolute atomic E-state index is 2.44. The Balaban J connectivity index is 2.53. The van der Waals surface area contributed by atoms with Crippen LogP contribution in [0.25, 0.3) is 0 Å². The second-order valence-electron chi connectivity index (χ2n) is 5.43. The minimum absolute atomic E-state index is 0.942. The molecule has 1 aliphatic carbocycles. The minimum atomic E-state index is 0.942. The van der Waals surface area contributed by atoms with E-state index in [1.165, 1.54) is 19.3 Å². The lowest BCUT2D eigenvalue weighted by Crippen LogP contribution is -2.30. The van der Waals surface area contributed by atoms with Gasteiger partial charge in [0.2, 0.25) is 0 Å². The minimum Gasteiger partial charge on any atom is -0.0651 e. The van der Waals surface area contributed by atoms with E-state index < -0.39 is 0 Å². The maximum atomic E-state index is 2.44. The highest BCUT2D eigenvalue weighted by Gasteiger charge is 2.31. The van der Waals surface area contributed by atoms with Crippen molar-refractivity contribution in [1.82, 2.24) is 0 Å². The first-order chi connectivity index (χ1) is 6.06. The van der Waals surface area contributed by atoms with Gasteiger partial charge < -0.3 is 0 Å². The number of rotatable bonds is 2. The molecule has 1 fully saturated rings. The van der Waals surface area contributed by atoms with Gasteiger partial charge in [0.05, 0.1) is 0 Å². The predicted molar refractivity (Wildman–Crippen MR) is 59.7 cm³/mol. The monoisotopic (exact) mass is 182 g/mol. The van der Waals surface area contributed by atoms with Crippen molar-refractivity contribution in [2.75, 3.05) is 0 Å². The molecule has 0 spiro atoms. The van der Waals surface area contributed by atoms with Crippen molar-refractivity contribution in [3.8, 4) is 0 Å². The molecule has 1 saturated carbocycles. The van der Waals surface area contributed by atoms with E-state index in [1.54, 1.807) is 0 Å². The molecule has 0 bridgehead atoms. The van der Waals surface area contributed by atoms with Crippen LogP contribution >= 0.6 is 0 Å². The van der Waals surface area contributed by atoms with E-state index in [4.69, 9.17) is 0 Å². The summed E-state index contributed by atoms with van der Waals surface area (Å²) in [5.74, 6) is 4.79. The van der Waals surface area contributed by atoms with Gasteiger partial charge in [0, 0.05) is 0 Å². The van der Waals surface area contributed by atoms with Crippen molar-refractivity contribution in [2.24, 2.45) is 29.6 Å². The lowest BCUT2D eigenvalue weighted by molar-refractivity contribution is 0.107. The van der Waals surface area contributed by atoms with Gasteiger partial charge in [-0.1, -0.05) is 41.0 Å². The van der Waals surface area contributed by atoms with Crippen molar-refractivity contribution in [3.63, 3.8) is 0 Å². The highest BCUT2D eigenvalue weighted by Crippen LogP contribution is 2.41. The van der Waals surface area contributed by atoms with Crippen molar-refractivity contribution < 1.29 is 0 Å². The smallest absolute Gasteiger partial charge is 0.0383 e. The molecule has 0 saturated heterocycles. The van der Waals surface area contributed by atoms with Crippen LogP contribution < -0.4 is 0 Å². The molecular formula is C13H26. The summed E-state index contributed by atoms with van der Waals surface area (Å²) in [6, 6.07) is 0. The van der Waals surface area contributed by atoms with Gasteiger partial charge >= 0.3 is 0 Å². The zero-order valence-corrected chi connectivity index (χ0v) is 10.0. The summed E-state index contributed by atoms with van der Waals surface area (Å²) in [6.45, 7) is 12.1. The molecule has 13 heavy (non-hydrogen) atoms. The Morgan fingerprint density at radius 1 is 1.08 bits per heavy atom. The third-order valence-electron chi connectivity index (χ3n) is 4.59. The maximum Gasteiger partial charge on any atom is -0.0383 e. The van der Waals surface area contributed by atoms with Gasteiger partial charge in [0.1, 0.15) is 0 Å². The first-order valence-corrected chi connectivity index (χ1v) is 6.06. The lowest BCUT2D eigenvalue weighted by Gasteiger charge is -2.39. The fourth-order valence-corrected chi connectivity index (χ4v) is 2.84. The van der Waals surface area contributed by atoms with Crippen LogP contribution in [-0.4, -0.2) is 0 Å². The summed E-state index contributed by atoms with van der Waals surface area (Å²) in [5.41, 5.74) is 0. The van der Waals surface area contributed by atoms with Gasteiger partial charge in [-0.25, -0.2) is 0 Å². The molecule has 78 valence electrons. The molecule has 0 aromatic carbocycles. The van der Waals surface area contributed by atoms with Crippen LogP contribution in [0.4, 0.5) is 0 Å². The van der Waals surface area contributed by atoms with E-state index >= 15 is 0 Å². The molecule has 0 nitrogen and oxygen atoms in total. The Morgan fingerprint density at radius 3 is 1.92 bits per heavy atom. The first-order valence-electron chi connectivity index (χ1n) is 6.06. The first kappa shape index (κ1) is 11.1. The Kier molecular flexibility index (Phi) is 3.82. The summed E-state index contributed by atoms with van der Waals surface area (Å²) in [6.07, 6.45) is 4.31. The molecule has 5 atom stereocenters. The Labute approximate surface area is 84.1 Å². The molecule has 4 unspecified atom stereocenters. The van der Waals surface area contributed by atoms with Crippen LogP contribution in [0.5, 0.6) is 0 Å². The van der Waals surface area contributed by atoms with Crippen LogP contribution in [0.1, 0.15) is 53.9 Å². The SMILES string of the molecule is CCC(C)C1CC(C)C(C)[C@H](C)C1. The van der Waals surface area contributed by atoms with Gasteiger partial charge in [-0.05, 0) is 42.4 Å². The molecule has 1 aliphatic rings. The molecule has 0 aliphatic heterocycles. The Morgan fingerprint density at radius 2 is 1.54 bits per heavy atom. The third kappa shape index (κ3) is 2.48. The lowest BCUT2D eigenvalue weighted by atomic mass is 9.66. The van der Waals surface area contributed by atoms with Crippen molar-refractivity contribution >= 4 is 0 Å². The summed E-state index contributed by atoms with van der Waals surface area (Å²) in [4.78, 5) is 0. The molecule has 0 amide bonds. The Hall–Kier alpha value is 0. The zero-order valence-electron chi connectivity index (χ0n) is 10.0. The molecule has 0 aromatic rings. The molecule has 0 heteroatoms. The molecule has 1 rings (SSSR count). The molecule has 0 radical (unpaired) electrons. The second kappa shape index (κ2) is 4.48. The predicted octanol–water partition coefficient (Wildman–Crippen LogP) is 4.35. The van der Waals surface area contributed by atoms with E-state index in [9.17, 15) is 0 Å². The van der Waals surface area contributed by atoms with E-state index in [0.29, 0.717) is 0 Å². The third-order valence-corrected chi connectivity index (χ3v) is 4.59. The van der Waals surface area contributed by atoms with Crippen LogP contribution in [-0.2, 0) is 0 Å². The average molecular weight is 182 g/mol. The van der Waals surface area contributed by atoms with Gasteiger partial charge in [0.25, 0.3) is 0 Å². The van der Waals surface area contributed by atoms with Crippen LogP contribution in [0.15, 0.2) is 0 Å². The topological polar surface area (TPSA) is 0 Å². The highest BCUT2D eigenvalue weighted by molar-refractivity contribution is 4.81. The quantitative estimate of drug-likeness (QED) is 0.595. The van der Waals surface area contributed by atoms with Gasteiger partial charge in [-0.15, -0.1) is 0 Å². The van der Waals surface area contributed by atoms with E-state index in [1.807, 2.05) is 0 Å². The fourth-order valence-electron chi connectivity index (χ4n) is 2.84. The summed E-state index contributed by atoms with van der Waals surface area (Å²) in [5, 5.41) is 0. The van der Waals surface area contributed by atoms with Crippen molar-refractivity contribution in [3.05, 3.63) is 0 Å². The van der Waals surface area contributed by atoms with Crippen LogP contribution in [0.3, 0.4) is 0 Å². The van der Waals surface area contributed by atoms with Gasteiger partial charge in [-0.2, -0.15) is 0 Å². The van der Waals surface area contributed by atoms with E-state index in [2.05, 4.69) is 34.6 Å². The molecular weight excluding hydrogens is 156 g/mol. The standard InChI is InChI=1S/C13H26/c1-6-9(2)13-7-10(3)12(5)11(4)8-13/h9-13H,6-8H2,1-5H3/t9?,10-,11?,12?,13?/m1/s1. The number of hydrogen-bond acceptors (Lipinski definition) is 0. The molecule has 0 N–H and O–H groups in total. The average Bonchev–Trinajstić information content (AvgIpc) is 2.12. The Bertz CT molecular complexity index is 138. The highest BCUT2D eigenvalue weighted by atomic mass is 14.4. The summed E-state index contributed by atoms with van der Waals surface area (Å²) >= 11 is 0. The van der Waals surface area contributed by atoms with Gasteiger partial charge in [0.15, 0.2) is 0 Å². The van der Waals surface area contributed by atoms with E-state index in [0.717, 1.165) is 29.6 Å². The normalized spacial score (nSPS) is 43.2. The van der Waals surface area contributed by atoms with Crippen LogP contribution in [0.2, 0.25) is 0 Å². The molecule has 0 heterocycles. The zero-order chi connectivity index (χ0) is 10.0. The summed E-state index contributed by atoms with van der Waals surface area (Å²) < 4.78 is 0. The van der Waals surface area contributed by atoms with Gasteiger partial charge in [-0.3, -0.25) is 0 Å². The second-order valence-corrected chi connectivity index (χ2v) is 5.43. The van der Waals surface area contributed by atoms with Crippen molar-refractivity contribution in [2.45, 2.75) is 53.9 Å². The molecule has 0 aromatic heterocycles. The largest absolute Gasteiger partial charge is 0.0651 e. The van der Waals surface area contributed by atoms with E-state index in [-0.39, 0.29) is 0 Å². The fraction of sp³-hybridized carbons (Fsp3) is 1.00. The van der Waals surface area contributed by atoms with Crippen molar-refractivity contribution in [1.29, 1.82) is 0 Å².